The summed E-state index contributed by atoms with van der Waals surface area (Å²) in [7, 11) is 0. The summed E-state index contributed by atoms with van der Waals surface area (Å²) in [5.41, 5.74) is 10.5. The van der Waals surface area contributed by atoms with Crippen LogP contribution in [0.1, 0.15) is 0 Å². The lowest BCUT2D eigenvalue weighted by atomic mass is 10.1. The highest BCUT2D eigenvalue weighted by Crippen LogP contribution is 2.30. The van der Waals surface area contributed by atoms with Gasteiger partial charge in [-0.25, -0.2) is 4.68 Å². The summed E-state index contributed by atoms with van der Waals surface area (Å²) >= 11 is 0. The summed E-state index contributed by atoms with van der Waals surface area (Å²) in [6.07, 6.45) is 0. The summed E-state index contributed by atoms with van der Waals surface area (Å²) in [4.78, 5) is 13.0. The third-order valence-electron chi connectivity index (χ3n) is 3.14. The van der Waals surface area contributed by atoms with E-state index in [1.807, 2.05) is 30.3 Å². The van der Waals surface area contributed by atoms with Gasteiger partial charge in [-0.2, -0.15) is 0 Å². The van der Waals surface area contributed by atoms with Gasteiger partial charge in [-0.3, -0.25) is 10.1 Å². The molecule has 1 heterocycles. The van der Waals surface area contributed by atoms with Crippen LogP contribution >= 0.6 is 0 Å². The van der Waals surface area contributed by atoms with Gasteiger partial charge in [0.2, 0.25) is 0 Å². The van der Waals surface area contributed by atoms with Gasteiger partial charge in [0, 0.05) is 22.6 Å². The molecule has 0 fully saturated rings. The van der Waals surface area contributed by atoms with Gasteiger partial charge >= 0.3 is 0 Å². The first-order chi connectivity index (χ1) is 11.2. The monoisotopic (exact) mass is 307 g/mol. The van der Waals surface area contributed by atoms with Gasteiger partial charge in [0.05, 0.1) is 10.6 Å². The first-order valence-corrected chi connectivity index (χ1v) is 6.52. The summed E-state index contributed by atoms with van der Waals surface area (Å²) in [5, 5.41) is 22.4. The summed E-state index contributed by atoms with van der Waals surface area (Å²) < 4.78 is 1.34. The maximum Gasteiger partial charge on any atom is 0.269 e. The zero-order valence-electron chi connectivity index (χ0n) is 11.6. The van der Waals surface area contributed by atoms with Crippen LogP contribution in [0.4, 0.5) is 11.5 Å². The molecule has 9 heteroatoms. The van der Waals surface area contributed by atoms with Crippen LogP contribution in [0.15, 0.2) is 59.7 Å². The van der Waals surface area contributed by atoms with Gasteiger partial charge < -0.3 is 0 Å². The smallest absolute Gasteiger partial charge is 0.258 e. The average molecular weight is 307 g/mol. The lowest BCUT2D eigenvalue weighted by Crippen LogP contribution is -1.96. The molecule has 0 atom stereocenters. The molecule has 2 aromatic carbocycles. The molecule has 23 heavy (non-hydrogen) atoms. The second-order valence-corrected chi connectivity index (χ2v) is 4.50. The van der Waals surface area contributed by atoms with Crippen LogP contribution in [0.25, 0.3) is 27.4 Å². The Morgan fingerprint density at radius 3 is 2.43 bits per heavy atom. The van der Waals surface area contributed by atoms with Crippen molar-refractivity contribution in [2.24, 2.45) is 5.11 Å². The van der Waals surface area contributed by atoms with Crippen LogP contribution in [0.5, 0.6) is 0 Å². The molecule has 0 saturated carbocycles. The molecular weight excluding hydrogens is 298 g/mol. The van der Waals surface area contributed by atoms with Crippen molar-refractivity contribution in [1.82, 2.24) is 15.0 Å². The number of nitro groups is 1. The van der Waals surface area contributed by atoms with E-state index in [4.69, 9.17) is 5.53 Å². The highest BCUT2D eigenvalue weighted by molar-refractivity contribution is 5.70. The van der Waals surface area contributed by atoms with E-state index < -0.39 is 4.92 Å². The van der Waals surface area contributed by atoms with Crippen molar-refractivity contribution in [2.75, 3.05) is 0 Å². The fourth-order valence-electron chi connectivity index (χ4n) is 2.08. The Kier molecular flexibility index (Phi) is 3.69. The van der Waals surface area contributed by atoms with Crippen LogP contribution in [-0.4, -0.2) is 19.9 Å². The SMILES string of the molecule is [N-]=[N+]=Nc1c(-c2ccccc2)nnn1-c1ccc([N+](=O)[O-])cc1. The molecule has 0 saturated heterocycles. The maximum atomic E-state index is 10.7. The molecule has 9 nitrogen and oxygen atoms in total. The minimum atomic E-state index is -0.491. The number of nitro benzene ring substituents is 1. The number of azide groups is 1. The van der Waals surface area contributed by atoms with Crippen molar-refractivity contribution in [2.45, 2.75) is 0 Å². The number of non-ortho nitro benzene ring substituents is 1. The van der Waals surface area contributed by atoms with Crippen LogP contribution < -0.4 is 0 Å². The molecule has 3 rings (SSSR count). The number of benzene rings is 2. The van der Waals surface area contributed by atoms with E-state index in [2.05, 4.69) is 20.3 Å². The highest BCUT2D eigenvalue weighted by Gasteiger charge is 2.15. The van der Waals surface area contributed by atoms with Gasteiger partial charge in [0.15, 0.2) is 5.82 Å². The Labute approximate surface area is 129 Å². The number of nitrogens with zero attached hydrogens (tertiary/aromatic N) is 7. The molecule has 0 aliphatic rings. The van der Waals surface area contributed by atoms with Crippen molar-refractivity contribution in [1.29, 1.82) is 0 Å². The van der Waals surface area contributed by atoms with Gasteiger partial charge in [0.25, 0.3) is 5.69 Å². The van der Waals surface area contributed by atoms with E-state index >= 15 is 0 Å². The Balaban J connectivity index is 2.11. The lowest BCUT2D eigenvalue weighted by molar-refractivity contribution is -0.384. The third kappa shape index (κ3) is 2.71. The van der Waals surface area contributed by atoms with E-state index in [0.717, 1.165) is 5.56 Å². The number of hydrogen-bond acceptors (Lipinski definition) is 5. The number of rotatable bonds is 4. The van der Waals surface area contributed by atoms with E-state index in [0.29, 0.717) is 11.4 Å². The molecule has 0 aliphatic carbocycles. The second kappa shape index (κ2) is 5.96. The van der Waals surface area contributed by atoms with E-state index in [9.17, 15) is 10.1 Å². The number of hydrogen-bond donors (Lipinski definition) is 0. The molecule has 0 N–H and O–H groups in total. The Morgan fingerprint density at radius 2 is 1.83 bits per heavy atom. The standard InChI is InChI=1S/C14H9N7O2/c15-18-17-14-13(10-4-2-1-3-5-10)16-19-20(14)11-6-8-12(9-7-11)21(22)23/h1-9H. The van der Waals surface area contributed by atoms with Crippen LogP contribution in [0, 0.1) is 10.1 Å². The summed E-state index contributed by atoms with van der Waals surface area (Å²) in [6, 6.07) is 14.9. The summed E-state index contributed by atoms with van der Waals surface area (Å²) in [5.74, 6) is 0.215. The minimum Gasteiger partial charge on any atom is -0.258 e. The van der Waals surface area contributed by atoms with Crippen molar-refractivity contribution in [3.05, 3.63) is 75.2 Å². The molecule has 112 valence electrons. The Hall–Kier alpha value is -3.71. The fourth-order valence-corrected chi connectivity index (χ4v) is 2.08. The predicted octanol–water partition coefficient (Wildman–Crippen LogP) is 3.78. The van der Waals surface area contributed by atoms with Crippen molar-refractivity contribution >= 4 is 11.5 Å². The van der Waals surface area contributed by atoms with Crippen molar-refractivity contribution in [3.63, 3.8) is 0 Å². The van der Waals surface area contributed by atoms with Crippen LogP contribution in [0.2, 0.25) is 0 Å². The van der Waals surface area contributed by atoms with Crippen LogP contribution in [-0.2, 0) is 0 Å². The zero-order valence-corrected chi connectivity index (χ0v) is 11.6. The van der Waals surface area contributed by atoms with Crippen molar-refractivity contribution < 1.29 is 4.92 Å². The topological polar surface area (TPSA) is 123 Å². The molecule has 3 aromatic rings. The lowest BCUT2D eigenvalue weighted by Gasteiger charge is -2.03. The van der Waals surface area contributed by atoms with Gasteiger partial charge in [-0.05, 0) is 22.8 Å². The third-order valence-corrected chi connectivity index (χ3v) is 3.14. The second-order valence-electron chi connectivity index (χ2n) is 4.50. The molecule has 0 spiro atoms. The molecule has 0 radical (unpaired) electrons. The number of aromatic nitrogens is 3. The first-order valence-electron chi connectivity index (χ1n) is 6.52. The minimum absolute atomic E-state index is 0.0394. The molecule has 0 amide bonds. The zero-order chi connectivity index (χ0) is 16.2. The average Bonchev–Trinajstić information content (AvgIpc) is 3.00. The first kappa shape index (κ1) is 14.2. The molecule has 0 aliphatic heterocycles. The van der Waals surface area contributed by atoms with E-state index in [-0.39, 0.29) is 11.5 Å². The largest absolute Gasteiger partial charge is 0.269 e. The molecule has 1 aromatic heterocycles. The summed E-state index contributed by atoms with van der Waals surface area (Å²) in [6.45, 7) is 0. The molecule has 0 unspecified atom stereocenters. The quantitative estimate of drug-likeness (QED) is 0.239. The van der Waals surface area contributed by atoms with E-state index in [1.165, 1.54) is 28.9 Å². The van der Waals surface area contributed by atoms with E-state index in [1.54, 1.807) is 0 Å². The maximum absolute atomic E-state index is 10.7. The predicted molar refractivity (Wildman–Crippen MR) is 82.3 cm³/mol. The highest BCUT2D eigenvalue weighted by atomic mass is 16.6. The Bertz CT molecular complexity index is 897. The van der Waals surface area contributed by atoms with Gasteiger partial charge in [-0.15, -0.1) is 5.10 Å². The van der Waals surface area contributed by atoms with Crippen molar-refractivity contribution in [3.8, 4) is 16.9 Å². The molecule has 0 bridgehead atoms. The van der Waals surface area contributed by atoms with Crippen LogP contribution in [0.3, 0.4) is 0 Å². The van der Waals surface area contributed by atoms with Gasteiger partial charge in [0.1, 0.15) is 5.69 Å². The fraction of sp³-hybridized carbons (Fsp3) is 0. The Morgan fingerprint density at radius 1 is 1.13 bits per heavy atom. The van der Waals surface area contributed by atoms with Gasteiger partial charge in [-0.1, -0.05) is 35.5 Å². The molecular formula is C14H9N7O2. The normalized spacial score (nSPS) is 10.1.